The van der Waals surface area contributed by atoms with Crippen molar-refractivity contribution in [1.29, 1.82) is 0 Å². The van der Waals surface area contributed by atoms with Crippen LogP contribution in [0.15, 0.2) is 72.8 Å². The molecule has 27 heavy (non-hydrogen) atoms. The van der Waals surface area contributed by atoms with Gasteiger partial charge < -0.3 is 14.8 Å². The maximum absolute atomic E-state index is 12.0. The Morgan fingerprint density at radius 1 is 0.926 bits per heavy atom. The monoisotopic (exact) mass is 363 g/mol. The number of amides is 1. The highest BCUT2D eigenvalue weighted by atomic mass is 16.6. The molecule has 0 bridgehead atoms. The van der Waals surface area contributed by atoms with Gasteiger partial charge in [0.1, 0.15) is 5.75 Å². The molecule has 1 atom stereocenters. The van der Waals surface area contributed by atoms with E-state index in [9.17, 15) is 9.59 Å². The molecule has 0 aliphatic carbocycles. The Bertz CT molecular complexity index is 924. The summed E-state index contributed by atoms with van der Waals surface area (Å²) < 4.78 is 10.6. The first-order valence-corrected chi connectivity index (χ1v) is 8.74. The summed E-state index contributed by atoms with van der Waals surface area (Å²) in [6.45, 7) is 1.66. The van der Waals surface area contributed by atoms with E-state index in [1.807, 2.05) is 66.7 Å². The molecule has 1 amide bonds. The second-order valence-corrected chi connectivity index (χ2v) is 6.13. The summed E-state index contributed by atoms with van der Waals surface area (Å²) in [5.41, 5.74) is 0.976. The molecule has 0 saturated carbocycles. The SMILES string of the molecule is C[C@H](OC(=O)COc1ccc2ccccc2c1)C(=O)NCc1ccccc1. The van der Waals surface area contributed by atoms with E-state index in [1.54, 1.807) is 6.07 Å². The Labute approximate surface area is 157 Å². The summed E-state index contributed by atoms with van der Waals surface area (Å²) in [4.78, 5) is 24.0. The number of nitrogens with one attached hydrogen (secondary N) is 1. The Morgan fingerprint density at radius 3 is 2.41 bits per heavy atom. The van der Waals surface area contributed by atoms with Crippen molar-refractivity contribution in [2.75, 3.05) is 6.61 Å². The number of hydrogen-bond acceptors (Lipinski definition) is 4. The Hall–Kier alpha value is -3.34. The molecule has 0 radical (unpaired) electrons. The highest BCUT2D eigenvalue weighted by Gasteiger charge is 2.17. The number of ether oxygens (including phenoxy) is 2. The molecule has 0 aliphatic rings. The third-order valence-electron chi connectivity index (χ3n) is 4.06. The number of benzene rings is 3. The second-order valence-electron chi connectivity index (χ2n) is 6.13. The van der Waals surface area contributed by atoms with E-state index in [1.165, 1.54) is 6.92 Å². The summed E-state index contributed by atoms with van der Waals surface area (Å²) in [7, 11) is 0. The highest BCUT2D eigenvalue weighted by molar-refractivity contribution is 5.84. The molecule has 0 unspecified atom stereocenters. The van der Waals surface area contributed by atoms with Gasteiger partial charge in [0.25, 0.3) is 5.91 Å². The zero-order valence-corrected chi connectivity index (χ0v) is 15.1. The van der Waals surface area contributed by atoms with Crippen LogP contribution >= 0.6 is 0 Å². The van der Waals surface area contributed by atoms with Gasteiger partial charge in [-0.2, -0.15) is 0 Å². The van der Waals surface area contributed by atoms with Crippen molar-refractivity contribution in [2.45, 2.75) is 19.6 Å². The van der Waals surface area contributed by atoms with Crippen LogP contribution in [0.5, 0.6) is 5.75 Å². The van der Waals surface area contributed by atoms with E-state index in [2.05, 4.69) is 5.32 Å². The summed E-state index contributed by atoms with van der Waals surface area (Å²) in [5, 5.41) is 4.86. The third-order valence-corrected chi connectivity index (χ3v) is 4.06. The first kappa shape index (κ1) is 18.5. The number of carbonyl (C=O) groups excluding carboxylic acids is 2. The van der Waals surface area contributed by atoms with Gasteiger partial charge in [0.05, 0.1) is 0 Å². The largest absolute Gasteiger partial charge is 0.482 e. The van der Waals surface area contributed by atoms with Crippen molar-refractivity contribution >= 4 is 22.6 Å². The molecule has 0 heterocycles. The number of fused-ring (bicyclic) bond motifs is 1. The van der Waals surface area contributed by atoms with Gasteiger partial charge in [-0.15, -0.1) is 0 Å². The van der Waals surface area contributed by atoms with Gasteiger partial charge in [0, 0.05) is 6.54 Å². The summed E-state index contributed by atoms with van der Waals surface area (Å²) in [6.07, 6.45) is -0.888. The van der Waals surface area contributed by atoms with Gasteiger partial charge in [0.2, 0.25) is 0 Å². The van der Waals surface area contributed by atoms with Crippen molar-refractivity contribution < 1.29 is 19.1 Å². The fourth-order valence-electron chi connectivity index (χ4n) is 2.61. The lowest BCUT2D eigenvalue weighted by atomic mass is 10.1. The Morgan fingerprint density at radius 2 is 1.63 bits per heavy atom. The minimum atomic E-state index is -0.888. The molecule has 3 aromatic rings. The minimum absolute atomic E-state index is 0.255. The van der Waals surface area contributed by atoms with Gasteiger partial charge in [-0.1, -0.05) is 60.7 Å². The average molecular weight is 363 g/mol. The molecule has 0 spiro atoms. The third kappa shape index (κ3) is 5.31. The maximum Gasteiger partial charge on any atom is 0.344 e. The first-order valence-electron chi connectivity index (χ1n) is 8.74. The van der Waals surface area contributed by atoms with Crippen molar-refractivity contribution in [2.24, 2.45) is 0 Å². The highest BCUT2D eigenvalue weighted by Crippen LogP contribution is 2.20. The van der Waals surface area contributed by atoms with Crippen molar-refractivity contribution in [3.05, 3.63) is 78.4 Å². The van der Waals surface area contributed by atoms with Crippen LogP contribution < -0.4 is 10.1 Å². The standard InChI is InChI=1S/C22H21NO4/c1-16(22(25)23-14-17-7-3-2-4-8-17)27-21(24)15-26-20-12-11-18-9-5-6-10-19(18)13-20/h2-13,16H,14-15H2,1H3,(H,23,25)/t16-/m0/s1. The van der Waals surface area contributed by atoms with Crippen LogP contribution in [-0.2, 0) is 20.9 Å². The fraction of sp³-hybridized carbons (Fsp3) is 0.182. The molecule has 0 aliphatic heterocycles. The zero-order chi connectivity index (χ0) is 19.1. The van der Waals surface area contributed by atoms with E-state index in [0.717, 1.165) is 16.3 Å². The summed E-state index contributed by atoms with van der Waals surface area (Å²) >= 11 is 0. The normalized spacial score (nSPS) is 11.6. The van der Waals surface area contributed by atoms with Gasteiger partial charge in [-0.05, 0) is 35.4 Å². The maximum atomic E-state index is 12.0. The fourth-order valence-corrected chi connectivity index (χ4v) is 2.61. The molecular formula is C22H21NO4. The van der Waals surface area contributed by atoms with Crippen LogP contribution in [0.3, 0.4) is 0 Å². The van der Waals surface area contributed by atoms with Crippen LogP contribution in [0.2, 0.25) is 0 Å². The molecule has 0 aromatic heterocycles. The lowest BCUT2D eigenvalue weighted by Gasteiger charge is -2.14. The van der Waals surface area contributed by atoms with Crippen LogP contribution in [0.4, 0.5) is 0 Å². The van der Waals surface area contributed by atoms with Gasteiger partial charge >= 0.3 is 5.97 Å². The quantitative estimate of drug-likeness (QED) is 0.653. The number of carbonyl (C=O) groups is 2. The molecule has 3 rings (SSSR count). The van der Waals surface area contributed by atoms with Gasteiger partial charge in [-0.3, -0.25) is 4.79 Å². The molecule has 0 fully saturated rings. The van der Waals surface area contributed by atoms with E-state index in [4.69, 9.17) is 9.47 Å². The van der Waals surface area contributed by atoms with Crippen LogP contribution in [0.25, 0.3) is 10.8 Å². The van der Waals surface area contributed by atoms with Crippen LogP contribution in [-0.4, -0.2) is 24.6 Å². The number of hydrogen-bond donors (Lipinski definition) is 1. The summed E-state index contributed by atoms with van der Waals surface area (Å²) in [6, 6.07) is 23.0. The number of rotatable bonds is 7. The Balaban J connectivity index is 1.45. The molecule has 3 aromatic carbocycles. The van der Waals surface area contributed by atoms with Gasteiger partial charge in [0.15, 0.2) is 12.7 Å². The summed E-state index contributed by atoms with van der Waals surface area (Å²) in [5.74, 6) is -0.365. The zero-order valence-electron chi connectivity index (χ0n) is 15.1. The van der Waals surface area contributed by atoms with E-state index in [0.29, 0.717) is 12.3 Å². The predicted octanol–water partition coefficient (Wildman–Crippen LogP) is 3.47. The van der Waals surface area contributed by atoms with Crippen molar-refractivity contribution in [1.82, 2.24) is 5.32 Å². The topological polar surface area (TPSA) is 64.6 Å². The molecular weight excluding hydrogens is 342 g/mol. The smallest absolute Gasteiger partial charge is 0.344 e. The van der Waals surface area contributed by atoms with E-state index >= 15 is 0 Å². The van der Waals surface area contributed by atoms with Crippen molar-refractivity contribution in [3.8, 4) is 5.75 Å². The van der Waals surface area contributed by atoms with E-state index < -0.39 is 12.1 Å². The predicted molar refractivity (Wildman–Crippen MR) is 103 cm³/mol. The Kier molecular flexibility index (Phi) is 6.05. The second kappa shape index (κ2) is 8.85. The molecule has 0 saturated heterocycles. The van der Waals surface area contributed by atoms with Crippen molar-refractivity contribution in [3.63, 3.8) is 0 Å². The lowest BCUT2D eigenvalue weighted by Crippen LogP contribution is -2.36. The molecule has 138 valence electrons. The molecule has 5 heteroatoms. The molecule has 5 nitrogen and oxygen atoms in total. The van der Waals surface area contributed by atoms with E-state index in [-0.39, 0.29) is 12.5 Å². The minimum Gasteiger partial charge on any atom is -0.482 e. The lowest BCUT2D eigenvalue weighted by molar-refractivity contribution is -0.156. The average Bonchev–Trinajstić information content (AvgIpc) is 2.71. The molecule has 1 N–H and O–H groups in total. The first-order chi connectivity index (χ1) is 13.1. The van der Waals surface area contributed by atoms with Crippen LogP contribution in [0, 0.1) is 0 Å². The van der Waals surface area contributed by atoms with Gasteiger partial charge in [-0.25, -0.2) is 4.79 Å². The van der Waals surface area contributed by atoms with Crippen LogP contribution in [0.1, 0.15) is 12.5 Å². The number of esters is 1.